The fourth-order valence-corrected chi connectivity index (χ4v) is 2.47. The Hall–Kier alpha value is -0.380. The van der Waals surface area contributed by atoms with E-state index in [1.54, 1.807) is 11.3 Å². The summed E-state index contributed by atoms with van der Waals surface area (Å²) in [5.74, 6) is 0. The monoisotopic (exact) mass is 183 g/mol. The number of hydrogen-bond donors (Lipinski definition) is 2. The number of rotatable bonds is 2. The molecule has 2 nitrogen and oxygen atoms in total. The third-order valence-corrected chi connectivity index (χ3v) is 3.39. The van der Waals surface area contributed by atoms with Gasteiger partial charge in [-0.15, -0.1) is 11.3 Å². The first-order valence-electron chi connectivity index (χ1n) is 4.16. The Bertz CT molecular complexity index is 278. The first-order chi connectivity index (χ1) is 5.70. The Morgan fingerprint density at radius 2 is 2.42 bits per heavy atom. The summed E-state index contributed by atoms with van der Waals surface area (Å²) in [6.07, 6.45) is 0.809. The van der Waals surface area contributed by atoms with Crippen molar-refractivity contribution in [2.45, 2.75) is 18.9 Å². The van der Waals surface area contributed by atoms with Crippen molar-refractivity contribution in [2.24, 2.45) is 0 Å². The van der Waals surface area contributed by atoms with Crippen LogP contribution in [0.3, 0.4) is 0 Å². The van der Waals surface area contributed by atoms with Crippen LogP contribution in [0.5, 0.6) is 0 Å². The predicted molar refractivity (Wildman–Crippen MR) is 50.6 cm³/mol. The van der Waals surface area contributed by atoms with E-state index in [9.17, 15) is 5.11 Å². The average molecular weight is 183 g/mol. The lowest BCUT2D eigenvalue weighted by Gasteiger charge is -2.37. The lowest BCUT2D eigenvalue weighted by atomic mass is 9.91. The molecular formula is C9H13NOS. The number of nitrogens with one attached hydrogen (secondary N) is 1. The Morgan fingerprint density at radius 1 is 1.67 bits per heavy atom. The van der Waals surface area contributed by atoms with Gasteiger partial charge in [0.25, 0.3) is 0 Å². The van der Waals surface area contributed by atoms with Gasteiger partial charge in [-0.3, -0.25) is 0 Å². The first-order valence-corrected chi connectivity index (χ1v) is 5.04. The lowest BCUT2D eigenvalue weighted by Crippen LogP contribution is -2.60. The third-order valence-electron chi connectivity index (χ3n) is 2.37. The third kappa shape index (κ3) is 1.40. The second-order valence-electron chi connectivity index (χ2n) is 3.53. The van der Waals surface area contributed by atoms with Gasteiger partial charge >= 0.3 is 0 Å². The molecule has 1 aliphatic heterocycles. The van der Waals surface area contributed by atoms with E-state index in [1.165, 1.54) is 10.4 Å². The largest absolute Gasteiger partial charge is 0.387 e. The Kier molecular flexibility index (Phi) is 1.94. The molecule has 0 aromatic carbocycles. The summed E-state index contributed by atoms with van der Waals surface area (Å²) in [6.45, 7) is 3.58. The quantitative estimate of drug-likeness (QED) is 0.715. The number of β-amino-alcohol motifs (C(OH)–C–C–N with tert-alkyl or cyclic N) is 1. The standard InChI is InChI=1S/C9H13NOS/c1-7-2-3-12-8(7)4-9(11)5-10-6-9/h2-3,10-11H,4-6H2,1H3. The van der Waals surface area contributed by atoms with Crippen molar-refractivity contribution in [1.29, 1.82) is 0 Å². The molecule has 0 atom stereocenters. The zero-order chi connectivity index (χ0) is 8.60. The van der Waals surface area contributed by atoms with Crippen LogP contribution in [0, 0.1) is 6.92 Å². The molecule has 0 saturated carbocycles. The molecule has 1 aromatic heterocycles. The van der Waals surface area contributed by atoms with Crippen molar-refractivity contribution in [3.05, 3.63) is 21.9 Å². The normalized spacial score (nSPS) is 20.5. The molecule has 2 rings (SSSR count). The van der Waals surface area contributed by atoms with Gasteiger partial charge < -0.3 is 10.4 Å². The molecule has 1 aliphatic rings. The van der Waals surface area contributed by atoms with E-state index in [-0.39, 0.29) is 0 Å². The van der Waals surface area contributed by atoms with Gasteiger partial charge in [-0.1, -0.05) is 0 Å². The highest BCUT2D eigenvalue weighted by Gasteiger charge is 2.34. The van der Waals surface area contributed by atoms with Gasteiger partial charge in [0.15, 0.2) is 0 Å². The topological polar surface area (TPSA) is 32.3 Å². The van der Waals surface area contributed by atoms with Crippen LogP contribution in [0.15, 0.2) is 11.4 Å². The van der Waals surface area contributed by atoms with E-state index < -0.39 is 5.60 Å². The number of aryl methyl sites for hydroxylation is 1. The van der Waals surface area contributed by atoms with Crippen LogP contribution in [0.2, 0.25) is 0 Å². The molecule has 0 aliphatic carbocycles. The van der Waals surface area contributed by atoms with Gasteiger partial charge in [0.1, 0.15) is 0 Å². The molecule has 0 spiro atoms. The van der Waals surface area contributed by atoms with Crippen LogP contribution in [0.25, 0.3) is 0 Å². The van der Waals surface area contributed by atoms with Gasteiger partial charge in [0.05, 0.1) is 5.60 Å². The van der Waals surface area contributed by atoms with Crippen LogP contribution < -0.4 is 5.32 Å². The summed E-state index contributed by atoms with van der Waals surface area (Å²) < 4.78 is 0. The fourth-order valence-electron chi connectivity index (χ4n) is 1.42. The Morgan fingerprint density at radius 3 is 2.83 bits per heavy atom. The molecule has 66 valence electrons. The predicted octanol–water partition coefficient (Wildman–Crippen LogP) is 0.933. The Balaban J connectivity index is 2.08. The molecular weight excluding hydrogens is 170 g/mol. The second-order valence-corrected chi connectivity index (χ2v) is 4.53. The van der Waals surface area contributed by atoms with Crippen molar-refractivity contribution >= 4 is 11.3 Å². The summed E-state index contributed by atoms with van der Waals surface area (Å²) >= 11 is 1.74. The van der Waals surface area contributed by atoms with E-state index >= 15 is 0 Å². The lowest BCUT2D eigenvalue weighted by molar-refractivity contribution is -0.00844. The maximum Gasteiger partial charge on any atom is 0.0943 e. The minimum absolute atomic E-state index is 0.463. The van der Waals surface area contributed by atoms with Crippen molar-refractivity contribution in [3.63, 3.8) is 0 Å². The number of thiophene rings is 1. The molecule has 0 bridgehead atoms. The fraction of sp³-hybridized carbons (Fsp3) is 0.556. The molecule has 12 heavy (non-hydrogen) atoms. The van der Waals surface area contributed by atoms with E-state index in [1.807, 2.05) is 0 Å². The van der Waals surface area contributed by atoms with Crippen molar-refractivity contribution in [1.82, 2.24) is 5.32 Å². The molecule has 1 saturated heterocycles. The number of aliphatic hydroxyl groups is 1. The van der Waals surface area contributed by atoms with Gasteiger partial charge in [0, 0.05) is 24.4 Å². The van der Waals surface area contributed by atoms with E-state index in [0.29, 0.717) is 0 Å². The van der Waals surface area contributed by atoms with Gasteiger partial charge in [-0.2, -0.15) is 0 Å². The maximum atomic E-state index is 9.85. The highest BCUT2D eigenvalue weighted by atomic mass is 32.1. The van der Waals surface area contributed by atoms with Crippen LogP contribution in [0.4, 0.5) is 0 Å². The Labute approximate surface area is 76.2 Å². The molecule has 0 unspecified atom stereocenters. The summed E-state index contributed by atoms with van der Waals surface area (Å²) in [5.41, 5.74) is 0.843. The van der Waals surface area contributed by atoms with Gasteiger partial charge in [-0.25, -0.2) is 0 Å². The van der Waals surface area contributed by atoms with Crippen LogP contribution >= 0.6 is 11.3 Å². The number of hydrogen-bond acceptors (Lipinski definition) is 3. The van der Waals surface area contributed by atoms with Crippen molar-refractivity contribution < 1.29 is 5.11 Å². The van der Waals surface area contributed by atoms with Crippen LogP contribution in [-0.2, 0) is 6.42 Å². The molecule has 2 heterocycles. The highest BCUT2D eigenvalue weighted by molar-refractivity contribution is 7.10. The van der Waals surface area contributed by atoms with Crippen LogP contribution in [0.1, 0.15) is 10.4 Å². The molecule has 1 fully saturated rings. The first kappa shape index (κ1) is 8.23. The van der Waals surface area contributed by atoms with Gasteiger partial charge in [0.2, 0.25) is 0 Å². The summed E-state index contributed by atoms with van der Waals surface area (Å²) in [4.78, 5) is 1.32. The van der Waals surface area contributed by atoms with Gasteiger partial charge in [-0.05, 0) is 23.9 Å². The maximum absolute atomic E-state index is 9.85. The smallest absolute Gasteiger partial charge is 0.0943 e. The van der Waals surface area contributed by atoms with Crippen molar-refractivity contribution in [3.8, 4) is 0 Å². The molecule has 1 aromatic rings. The minimum atomic E-state index is -0.463. The minimum Gasteiger partial charge on any atom is -0.387 e. The van der Waals surface area contributed by atoms with Crippen molar-refractivity contribution in [2.75, 3.05) is 13.1 Å². The van der Waals surface area contributed by atoms with E-state index in [0.717, 1.165) is 19.5 Å². The molecule has 0 radical (unpaired) electrons. The molecule has 0 amide bonds. The average Bonchev–Trinajstić information content (AvgIpc) is 2.34. The SMILES string of the molecule is Cc1ccsc1CC1(O)CNC1. The second kappa shape index (κ2) is 2.83. The molecule has 2 N–H and O–H groups in total. The zero-order valence-electron chi connectivity index (χ0n) is 7.13. The summed E-state index contributed by atoms with van der Waals surface area (Å²) in [7, 11) is 0. The summed E-state index contributed by atoms with van der Waals surface area (Å²) in [6, 6.07) is 2.11. The highest BCUT2D eigenvalue weighted by Crippen LogP contribution is 2.24. The zero-order valence-corrected chi connectivity index (χ0v) is 7.95. The van der Waals surface area contributed by atoms with Crippen LogP contribution in [-0.4, -0.2) is 23.8 Å². The van der Waals surface area contributed by atoms with E-state index in [2.05, 4.69) is 23.7 Å². The summed E-state index contributed by atoms with van der Waals surface area (Å²) in [5, 5.41) is 15.0. The molecule has 3 heteroatoms. The van der Waals surface area contributed by atoms with E-state index in [4.69, 9.17) is 0 Å².